The van der Waals surface area contributed by atoms with Gasteiger partial charge in [-0.2, -0.15) is 13.2 Å². The number of sulfone groups is 1. The number of aromatic nitrogens is 2. The molecule has 0 spiro atoms. The summed E-state index contributed by atoms with van der Waals surface area (Å²) in [5.74, 6) is 0. The number of benzene rings is 1. The van der Waals surface area contributed by atoms with E-state index in [-0.39, 0.29) is 32.6 Å². The molecule has 136 valence electrons. The van der Waals surface area contributed by atoms with Crippen LogP contribution < -0.4 is 0 Å². The van der Waals surface area contributed by atoms with Crippen molar-refractivity contribution in [1.29, 1.82) is 0 Å². The number of halogens is 3. The Morgan fingerprint density at radius 1 is 1.15 bits per heavy atom. The van der Waals surface area contributed by atoms with Crippen molar-refractivity contribution in [3.8, 4) is 11.3 Å². The molecule has 0 bridgehead atoms. The zero-order valence-electron chi connectivity index (χ0n) is 13.4. The van der Waals surface area contributed by atoms with Crippen LogP contribution in [0, 0.1) is 0 Å². The van der Waals surface area contributed by atoms with E-state index in [1.165, 1.54) is 48.8 Å². The Labute approximate surface area is 147 Å². The normalized spacial score (nSPS) is 13.7. The molecule has 0 fully saturated rings. The van der Waals surface area contributed by atoms with E-state index in [4.69, 9.17) is 5.73 Å². The van der Waals surface area contributed by atoms with Gasteiger partial charge in [0.2, 0.25) is 0 Å². The van der Waals surface area contributed by atoms with Gasteiger partial charge in [0.05, 0.1) is 16.1 Å². The summed E-state index contributed by atoms with van der Waals surface area (Å²) >= 11 is 0. The van der Waals surface area contributed by atoms with Crippen LogP contribution in [0.2, 0.25) is 0 Å². The Morgan fingerprint density at radius 2 is 1.88 bits per heavy atom. The summed E-state index contributed by atoms with van der Waals surface area (Å²) in [6, 6.07) is 5.94. The molecule has 1 atom stereocenters. The van der Waals surface area contributed by atoms with Crippen molar-refractivity contribution < 1.29 is 21.6 Å². The monoisotopic (exact) mass is 380 g/mol. The molecule has 0 aliphatic carbocycles. The number of para-hydroxylation sites is 1. The lowest BCUT2D eigenvalue weighted by Crippen LogP contribution is -2.18. The van der Waals surface area contributed by atoms with Crippen LogP contribution in [-0.4, -0.2) is 30.8 Å². The largest absolute Gasteiger partial charge is 0.663 e. The van der Waals surface area contributed by atoms with E-state index in [1.807, 2.05) is 0 Å². The third-order valence-corrected chi connectivity index (χ3v) is 4.94. The maximum atomic E-state index is 13.2. The third-order valence-electron chi connectivity index (χ3n) is 3.81. The lowest BCUT2D eigenvalue weighted by molar-refractivity contribution is -0.139. The van der Waals surface area contributed by atoms with E-state index >= 15 is 0 Å². The number of pyridine rings is 2. The molecule has 0 unspecified atom stereocenters. The number of fused-ring (bicyclic) bond motifs is 1. The van der Waals surface area contributed by atoms with Crippen LogP contribution in [0.5, 0.6) is 0 Å². The molecular formula is C17H13F3N3O2S-. The zero-order chi connectivity index (χ0) is 19.1. The molecule has 3 rings (SSSR count). The maximum absolute atomic E-state index is 13.2. The van der Waals surface area contributed by atoms with Gasteiger partial charge < -0.3 is 5.73 Å². The summed E-state index contributed by atoms with van der Waals surface area (Å²) in [6.45, 7) is 0. The van der Waals surface area contributed by atoms with Crippen molar-refractivity contribution in [2.45, 2.75) is 17.1 Å². The molecule has 0 saturated heterocycles. The molecule has 0 aliphatic rings. The van der Waals surface area contributed by atoms with Gasteiger partial charge in [0.25, 0.3) is 0 Å². The van der Waals surface area contributed by atoms with E-state index in [9.17, 15) is 21.6 Å². The lowest BCUT2D eigenvalue weighted by Gasteiger charge is -2.26. The Bertz CT molecular complexity index is 1070. The fraction of sp³-hybridized carbons (Fsp3) is 0.176. The highest BCUT2D eigenvalue weighted by Crippen LogP contribution is 2.40. The van der Waals surface area contributed by atoms with Crippen molar-refractivity contribution in [2.75, 3.05) is 6.26 Å². The van der Waals surface area contributed by atoms with Crippen LogP contribution in [-0.2, 0) is 9.84 Å². The molecule has 2 aromatic heterocycles. The average molecular weight is 380 g/mol. The quantitative estimate of drug-likeness (QED) is 0.676. The number of hydrogen-bond acceptors (Lipinski definition) is 4. The molecule has 3 aromatic rings. The van der Waals surface area contributed by atoms with Crippen LogP contribution in [0.25, 0.3) is 27.9 Å². The van der Waals surface area contributed by atoms with Gasteiger partial charge in [0.15, 0.2) is 9.84 Å². The zero-order valence-corrected chi connectivity index (χ0v) is 14.3. The second kappa shape index (κ2) is 6.33. The SMILES string of the molecule is CS(=O)(=O)c1cccc2cc([C@@H]([NH-])C(F)(F)F)c(-c3cccnc3)nc12. The first-order chi connectivity index (χ1) is 12.1. The van der Waals surface area contributed by atoms with Crippen molar-refractivity contribution in [2.24, 2.45) is 0 Å². The summed E-state index contributed by atoms with van der Waals surface area (Å²) in [5, 5.41) is 0.220. The van der Waals surface area contributed by atoms with E-state index < -0.39 is 22.1 Å². The highest BCUT2D eigenvalue weighted by Gasteiger charge is 2.34. The summed E-state index contributed by atoms with van der Waals surface area (Å²) in [4.78, 5) is 8.00. The van der Waals surface area contributed by atoms with Crippen molar-refractivity contribution in [3.63, 3.8) is 0 Å². The van der Waals surface area contributed by atoms with Crippen LogP contribution in [0.4, 0.5) is 13.2 Å². The Balaban J connectivity index is 2.40. The van der Waals surface area contributed by atoms with Crippen LogP contribution in [0.15, 0.2) is 53.7 Å². The predicted octanol–water partition coefficient (Wildman–Crippen LogP) is 4.36. The number of nitrogens with zero attached hydrogens (tertiary/aromatic N) is 2. The number of alkyl halides is 3. The molecule has 1 aromatic carbocycles. The minimum atomic E-state index is -4.79. The second-order valence-corrected chi connectivity index (χ2v) is 7.73. The Morgan fingerprint density at radius 3 is 2.46 bits per heavy atom. The molecule has 2 heterocycles. The molecule has 0 aliphatic heterocycles. The highest BCUT2D eigenvalue weighted by molar-refractivity contribution is 7.91. The van der Waals surface area contributed by atoms with Crippen LogP contribution in [0.1, 0.15) is 11.6 Å². The van der Waals surface area contributed by atoms with E-state index in [1.54, 1.807) is 0 Å². The smallest absolute Gasteiger partial charge is 0.377 e. The first kappa shape index (κ1) is 18.3. The third kappa shape index (κ3) is 3.40. The second-order valence-electron chi connectivity index (χ2n) is 5.74. The molecule has 0 saturated carbocycles. The molecule has 26 heavy (non-hydrogen) atoms. The lowest BCUT2D eigenvalue weighted by atomic mass is 9.98. The van der Waals surface area contributed by atoms with Crippen LogP contribution in [0.3, 0.4) is 0 Å². The molecule has 0 amide bonds. The average Bonchev–Trinajstić information content (AvgIpc) is 2.58. The standard InChI is InChI=1S/C17H13F3N3O2S/c1-26(24,25)13-6-2-4-10-8-12(16(21)17(18,19)20)14(23-15(10)13)11-5-3-7-22-9-11/h2-9,16,21H,1H3/q-1/t16-/m1/s1. The van der Waals surface area contributed by atoms with Gasteiger partial charge in [-0.25, -0.2) is 13.4 Å². The molecule has 1 N–H and O–H groups in total. The van der Waals surface area contributed by atoms with Crippen molar-refractivity contribution >= 4 is 20.7 Å². The number of rotatable bonds is 3. The van der Waals surface area contributed by atoms with Crippen molar-refractivity contribution in [3.05, 3.63) is 60.1 Å². The van der Waals surface area contributed by atoms with Crippen molar-refractivity contribution in [1.82, 2.24) is 9.97 Å². The van der Waals surface area contributed by atoms with Gasteiger partial charge in [-0.05, 0) is 35.9 Å². The van der Waals surface area contributed by atoms with Gasteiger partial charge in [0, 0.05) is 29.6 Å². The maximum Gasteiger partial charge on any atom is 0.377 e. The fourth-order valence-corrected chi connectivity index (χ4v) is 3.46. The summed E-state index contributed by atoms with van der Waals surface area (Å²) < 4.78 is 63.5. The summed E-state index contributed by atoms with van der Waals surface area (Å²) in [6.07, 6.45) is -1.01. The highest BCUT2D eigenvalue weighted by atomic mass is 32.2. The van der Waals surface area contributed by atoms with Gasteiger partial charge >= 0.3 is 6.18 Å². The van der Waals surface area contributed by atoms with Crippen LogP contribution >= 0.6 is 0 Å². The van der Waals surface area contributed by atoms with Gasteiger partial charge in [-0.15, -0.1) is 0 Å². The minimum absolute atomic E-state index is 0.0620. The number of nitrogens with one attached hydrogen (secondary N) is 1. The molecule has 9 heteroatoms. The van der Waals surface area contributed by atoms with E-state index in [0.717, 1.165) is 6.26 Å². The predicted molar refractivity (Wildman–Crippen MR) is 91.2 cm³/mol. The number of hydrogen-bond donors (Lipinski definition) is 0. The molecular weight excluding hydrogens is 367 g/mol. The van der Waals surface area contributed by atoms with E-state index in [2.05, 4.69) is 9.97 Å². The minimum Gasteiger partial charge on any atom is -0.663 e. The molecule has 5 nitrogen and oxygen atoms in total. The summed E-state index contributed by atoms with van der Waals surface area (Å²) in [7, 11) is -3.64. The topological polar surface area (TPSA) is 83.7 Å². The van der Waals surface area contributed by atoms with Gasteiger partial charge in [-0.1, -0.05) is 12.1 Å². The first-order valence-electron chi connectivity index (χ1n) is 7.41. The van der Waals surface area contributed by atoms with E-state index in [0.29, 0.717) is 0 Å². The molecule has 0 radical (unpaired) electrons. The summed E-state index contributed by atoms with van der Waals surface area (Å²) in [5.41, 5.74) is 7.47. The fourth-order valence-electron chi connectivity index (χ4n) is 2.62. The van der Waals surface area contributed by atoms with Gasteiger partial charge in [0.1, 0.15) is 0 Å². The first-order valence-corrected chi connectivity index (χ1v) is 9.30. The Hall–Kier alpha value is -2.52. The Kier molecular flexibility index (Phi) is 4.45. The van der Waals surface area contributed by atoms with Gasteiger partial charge in [-0.3, -0.25) is 4.98 Å².